The summed E-state index contributed by atoms with van der Waals surface area (Å²) in [6, 6.07) is 2.16. The third kappa shape index (κ3) is 3.35. The van der Waals surface area contributed by atoms with E-state index >= 15 is 0 Å². The van der Waals surface area contributed by atoms with Crippen molar-refractivity contribution in [3.8, 4) is 11.4 Å². The summed E-state index contributed by atoms with van der Waals surface area (Å²) in [5.74, 6) is -1.06. The fourth-order valence-corrected chi connectivity index (χ4v) is 2.41. The zero-order chi connectivity index (χ0) is 15.8. The van der Waals surface area contributed by atoms with Gasteiger partial charge in [-0.15, -0.1) is 0 Å². The van der Waals surface area contributed by atoms with Gasteiger partial charge >= 0.3 is 6.18 Å². The lowest BCUT2D eigenvalue weighted by Crippen LogP contribution is -2.09. The number of alkyl halides is 3. The Kier molecular flexibility index (Phi) is 4.53. The Bertz CT molecular complexity index is 689. The molecule has 1 aromatic heterocycles. The lowest BCUT2D eigenvalue weighted by molar-refractivity contribution is -0.137. The largest absolute Gasteiger partial charge is 0.417 e. The molecular formula is C13H8BrClF4N2. The van der Waals surface area contributed by atoms with Crippen molar-refractivity contribution in [2.75, 3.05) is 0 Å². The Morgan fingerprint density at radius 2 is 1.90 bits per heavy atom. The minimum absolute atomic E-state index is 0.0192. The lowest BCUT2D eigenvalue weighted by Gasteiger charge is -2.13. The van der Waals surface area contributed by atoms with Gasteiger partial charge in [-0.25, -0.2) is 14.4 Å². The minimum atomic E-state index is -4.64. The van der Waals surface area contributed by atoms with E-state index in [4.69, 9.17) is 11.6 Å². The minimum Gasteiger partial charge on any atom is -0.232 e. The lowest BCUT2D eigenvalue weighted by atomic mass is 10.1. The van der Waals surface area contributed by atoms with E-state index in [0.29, 0.717) is 22.7 Å². The summed E-state index contributed by atoms with van der Waals surface area (Å²) in [5, 5.41) is -0.0192. The molecule has 0 spiro atoms. The molecular weight excluding hydrogens is 376 g/mol. The van der Waals surface area contributed by atoms with Gasteiger partial charge in [-0.3, -0.25) is 0 Å². The van der Waals surface area contributed by atoms with E-state index in [0.717, 1.165) is 12.1 Å². The maximum absolute atomic E-state index is 13.3. The fourth-order valence-electron chi connectivity index (χ4n) is 1.77. The zero-order valence-corrected chi connectivity index (χ0v) is 12.9. The molecule has 0 atom stereocenters. The first-order chi connectivity index (χ1) is 9.74. The molecule has 0 saturated heterocycles. The average Bonchev–Trinajstić information content (AvgIpc) is 2.40. The van der Waals surface area contributed by atoms with Gasteiger partial charge in [-0.2, -0.15) is 13.2 Å². The van der Waals surface area contributed by atoms with Crippen LogP contribution in [0.15, 0.2) is 22.7 Å². The number of hydrogen-bond donors (Lipinski definition) is 0. The van der Waals surface area contributed by atoms with E-state index in [9.17, 15) is 17.6 Å². The van der Waals surface area contributed by atoms with Crippen molar-refractivity contribution in [2.45, 2.75) is 19.5 Å². The molecule has 0 saturated carbocycles. The van der Waals surface area contributed by atoms with E-state index in [1.54, 1.807) is 6.92 Å². The third-order valence-corrected chi connectivity index (χ3v) is 4.08. The van der Waals surface area contributed by atoms with Crippen molar-refractivity contribution in [1.82, 2.24) is 9.97 Å². The Morgan fingerprint density at radius 3 is 2.48 bits per heavy atom. The Labute approximate surface area is 131 Å². The summed E-state index contributed by atoms with van der Waals surface area (Å²) in [5.41, 5.74) is -1.00. The first kappa shape index (κ1) is 16.2. The molecule has 0 N–H and O–H groups in total. The molecule has 2 nitrogen and oxygen atoms in total. The zero-order valence-electron chi connectivity index (χ0n) is 10.6. The van der Waals surface area contributed by atoms with Crippen molar-refractivity contribution >= 4 is 27.5 Å². The molecule has 0 aliphatic heterocycles. The van der Waals surface area contributed by atoms with Crippen LogP contribution >= 0.6 is 27.5 Å². The van der Waals surface area contributed by atoms with Crippen LogP contribution in [0.3, 0.4) is 0 Å². The number of halogens is 6. The molecule has 112 valence electrons. The van der Waals surface area contributed by atoms with Crippen molar-refractivity contribution in [3.63, 3.8) is 0 Å². The van der Waals surface area contributed by atoms with Gasteiger partial charge in [-0.1, -0.05) is 18.5 Å². The SMILES string of the molecule is CCc1nc(-c2cc(F)ccc2C(F)(F)F)nc(Cl)c1Br. The van der Waals surface area contributed by atoms with Crippen molar-refractivity contribution in [3.05, 3.63) is 44.9 Å². The molecule has 1 heterocycles. The van der Waals surface area contributed by atoms with Gasteiger partial charge < -0.3 is 0 Å². The van der Waals surface area contributed by atoms with Gasteiger partial charge in [0.15, 0.2) is 5.82 Å². The van der Waals surface area contributed by atoms with Crippen LogP contribution in [0.4, 0.5) is 17.6 Å². The van der Waals surface area contributed by atoms with Crippen LogP contribution < -0.4 is 0 Å². The molecule has 0 radical (unpaired) electrons. The molecule has 0 fully saturated rings. The Hall–Kier alpha value is -1.21. The second-order valence-corrected chi connectivity index (χ2v) is 5.29. The molecule has 8 heteroatoms. The van der Waals surface area contributed by atoms with Crippen LogP contribution in [-0.2, 0) is 12.6 Å². The number of aromatic nitrogens is 2. The monoisotopic (exact) mass is 382 g/mol. The maximum atomic E-state index is 13.3. The normalized spacial score (nSPS) is 11.8. The average molecular weight is 384 g/mol. The molecule has 0 amide bonds. The number of nitrogens with zero attached hydrogens (tertiary/aromatic N) is 2. The highest BCUT2D eigenvalue weighted by Crippen LogP contribution is 2.37. The van der Waals surface area contributed by atoms with Crippen LogP contribution in [0.25, 0.3) is 11.4 Å². The van der Waals surface area contributed by atoms with Crippen LogP contribution in [0.2, 0.25) is 5.15 Å². The summed E-state index contributed by atoms with van der Waals surface area (Å²) < 4.78 is 52.8. The maximum Gasteiger partial charge on any atom is 0.417 e. The second kappa shape index (κ2) is 5.88. The van der Waals surface area contributed by atoms with Crippen molar-refractivity contribution in [1.29, 1.82) is 0 Å². The molecule has 0 aliphatic carbocycles. The van der Waals surface area contributed by atoms with Gasteiger partial charge in [0.1, 0.15) is 11.0 Å². The Morgan fingerprint density at radius 1 is 1.24 bits per heavy atom. The highest BCUT2D eigenvalue weighted by atomic mass is 79.9. The van der Waals surface area contributed by atoms with E-state index in [2.05, 4.69) is 25.9 Å². The van der Waals surface area contributed by atoms with Gasteiger partial charge in [0.05, 0.1) is 15.7 Å². The van der Waals surface area contributed by atoms with E-state index in [1.807, 2.05) is 0 Å². The number of hydrogen-bond acceptors (Lipinski definition) is 2. The van der Waals surface area contributed by atoms with Gasteiger partial charge in [0.2, 0.25) is 0 Å². The molecule has 0 aliphatic rings. The highest BCUT2D eigenvalue weighted by Gasteiger charge is 2.34. The van der Waals surface area contributed by atoms with Gasteiger partial charge in [0, 0.05) is 5.56 Å². The van der Waals surface area contributed by atoms with Crippen molar-refractivity contribution in [2.24, 2.45) is 0 Å². The smallest absolute Gasteiger partial charge is 0.232 e. The molecule has 0 unspecified atom stereocenters. The predicted octanol–water partition coefficient (Wildman–Crippen LogP) is 5.28. The van der Waals surface area contributed by atoms with Crippen LogP contribution in [0.5, 0.6) is 0 Å². The van der Waals surface area contributed by atoms with E-state index in [1.165, 1.54) is 0 Å². The van der Waals surface area contributed by atoms with Gasteiger partial charge in [-0.05, 0) is 40.5 Å². The van der Waals surface area contributed by atoms with E-state index in [-0.39, 0.29) is 11.0 Å². The molecule has 2 aromatic rings. The van der Waals surface area contributed by atoms with Crippen molar-refractivity contribution < 1.29 is 17.6 Å². The second-order valence-electron chi connectivity index (χ2n) is 4.14. The Balaban J connectivity index is 2.72. The first-order valence-corrected chi connectivity index (χ1v) is 7.00. The quantitative estimate of drug-likeness (QED) is 0.521. The summed E-state index contributed by atoms with van der Waals surface area (Å²) in [6.45, 7) is 1.77. The number of rotatable bonds is 2. The predicted molar refractivity (Wildman–Crippen MR) is 74.5 cm³/mol. The first-order valence-electron chi connectivity index (χ1n) is 5.83. The van der Waals surface area contributed by atoms with Gasteiger partial charge in [0.25, 0.3) is 0 Å². The van der Waals surface area contributed by atoms with Crippen LogP contribution in [0.1, 0.15) is 18.2 Å². The summed E-state index contributed by atoms with van der Waals surface area (Å²) in [6.07, 6.45) is -4.20. The third-order valence-electron chi connectivity index (χ3n) is 2.74. The molecule has 1 aromatic carbocycles. The summed E-state index contributed by atoms with van der Waals surface area (Å²) in [4.78, 5) is 7.84. The topological polar surface area (TPSA) is 25.8 Å². The standard InChI is InChI=1S/C13H8BrClF4N2/c1-2-9-10(14)11(15)21-12(20-9)7-5-6(16)3-4-8(7)13(17,18)19/h3-5H,2H2,1H3. The van der Waals surface area contributed by atoms with Crippen LogP contribution in [-0.4, -0.2) is 9.97 Å². The molecule has 0 bridgehead atoms. The summed E-state index contributed by atoms with van der Waals surface area (Å²) >= 11 is 9.05. The molecule has 2 rings (SSSR count). The number of benzene rings is 1. The summed E-state index contributed by atoms with van der Waals surface area (Å²) in [7, 11) is 0. The van der Waals surface area contributed by atoms with Crippen LogP contribution in [0, 0.1) is 5.82 Å². The highest BCUT2D eigenvalue weighted by molar-refractivity contribution is 9.10. The number of aryl methyl sites for hydroxylation is 1. The van der Waals surface area contributed by atoms with E-state index < -0.39 is 23.1 Å². The fraction of sp³-hybridized carbons (Fsp3) is 0.231. The molecule has 21 heavy (non-hydrogen) atoms.